The molecule has 2 aromatic rings. The molecule has 10 heteroatoms. The third-order valence-electron chi connectivity index (χ3n) is 3.35. The zero-order valence-corrected chi connectivity index (χ0v) is 14.8. The van der Waals surface area contributed by atoms with E-state index in [1.807, 2.05) is 0 Å². The van der Waals surface area contributed by atoms with E-state index in [0.717, 1.165) is 4.72 Å². The summed E-state index contributed by atoms with van der Waals surface area (Å²) in [5.74, 6) is -2.02. The topological polar surface area (TPSA) is 89.5 Å². The lowest BCUT2D eigenvalue weighted by atomic mass is 10.0. The van der Waals surface area contributed by atoms with Gasteiger partial charge in [0.2, 0.25) is 5.91 Å². The molecule has 144 valence electrons. The number of halogens is 3. The number of carbonyl (C=O) groups excluding carboxylic acids is 2. The second-order valence-electron chi connectivity index (χ2n) is 5.64. The molecule has 0 aliphatic heterocycles. The highest BCUT2D eigenvalue weighted by molar-refractivity contribution is 7.90. The first kappa shape index (κ1) is 20.4. The molecule has 27 heavy (non-hydrogen) atoms. The quantitative estimate of drug-likeness (QED) is 0.473. The minimum Gasteiger partial charge on any atom is -0.423 e. The molecular formula is C17H14F3NO5S. The van der Waals surface area contributed by atoms with Crippen LogP contribution < -0.4 is 9.46 Å². The number of benzene rings is 2. The van der Waals surface area contributed by atoms with E-state index in [1.165, 1.54) is 19.1 Å². The van der Waals surface area contributed by atoms with Crippen molar-refractivity contribution in [3.8, 4) is 5.75 Å². The first-order chi connectivity index (χ1) is 12.4. The highest BCUT2D eigenvalue weighted by Crippen LogP contribution is 2.29. The van der Waals surface area contributed by atoms with Crippen LogP contribution in [-0.4, -0.2) is 25.8 Å². The van der Waals surface area contributed by atoms with E-state index in [4.69, 9.17) is 4.74 Å². The van der Waals surface area contributed by atoms with E-state index in [9.17, 15) is 31.2 Å². The van der Waals surface area contributed by atoms with Crippen LogP contribution in [0, 0.1) is 0 Å². The maximum Gasteiger partial charge on any atom is 0.516 e. The first-order valence-corrected chi connectivity index (χ1v) is 8.90. The number of esters is 1. The molecule has 2 aromatic carbocycles. The van der Waals surface area contributed by atoms with E-state index >= 15 is 0 Å². The van der Waals surface area contributed by atoms with Gasteiger partial charge in [-0.1, -0.05) is 36.9 Å². The van der Waals surface area contributed by atoms with Gasteiger partial charge in [0.15, 0.2) is 0 Å². The molecule has 2 rings (SSSR count). The lowest BCUT2D eigenvalue weighted by molar-refractivity contribution is -0.130. The van der Waals surface area contributed by atoms with Crippen LogP contribution in [0.25, 0.3) is 10.8 Å². The lowest BCUT2D eigenvalue weighted by Crippen LogP contribution is -2.40. The van der Waals surface area contributed by atoms with Crippen LogP contribution in [0.5, 0.6) is 5.75 Å². The van der Waals surface area contributed by atoms with Crippen molar-refractivity contribution >= 4 is 32.7 Å². The van der Waals surface area contributed by atoms with E-state index < -0.39 is 33.8 Å². The maximum absolute atomic E-state index is 12.4. The Morgan fingerprint density at radius 3 is 2.41 bits per heavy atom. The van der Waals surface area contributed by atoms with Crippen molar-refractivity contribution in [1.29, 1.82) is 0 Å². The van der Waals surface area contributed by atoms with Crippen LogP contribution in [-0.2, 0) is 26.0 Å². The number of fused-ring (bicyclic) bond motifs is 1. The van der Waals surface area contributed by atoms with Crippen molar-refractivity contribution in [2.24, 2.45) is 0 Å². The number of sulfonamides is 1. The average Bonchev–Trinajstić information content (AvgIpc) is 2.52. The smallest absolute Gasteiger partial charge is 0.423 e. The molecule has 0 bridgehead atoms. The summed E-state index contributed by atoms with van der Waals surface area (Å²) in [6.07, 6.45) is -0.669. The van der Waals surface area contributed by atoms with Crippen LogP contribution in [0.3, 0.4) is 0 Å². The molecule has 0 aliphatic rings. The number of nitrogens with one attached hydrogen (secondary N) is 1. The molecule has 1 amide bonds. The van der Waals surface area contributed by atoms with Crippen LogP contribution in [0.4, 0.5) is 13.2 Å². The number of amides is 1. The Bertz CT molecular complexity index is 1030. The molecule has 0 aliphatic carbocycles. The summed E-state index contributed by atoms with van der Waals surface area (Å²) >= 11 is 0. The lowest BCUT2D eigenvalue weighted by Gasteiger charge is -2.12. The van der Waals surface area contributed by atoms with Crippen molar-refractivity contribution in [3.63, 3.8) is 0 Å². The standard InChI is InChI=1S/C17H14F3NO5S/c1-10(2)16(23)26-14-8-11(7-12-5-3-4-6-13(12)14)9-15(22)21-27(24,25)17(18,19)20/h3-8H,1,9H2,2H3,(H,21,22). The largest absolute Gasteiger partial charge is 0.516 e. The molecule has 0 saturated heterocycles. The summed E-state index contributed by atoms with van der Waals surface area (Å²) < 4.78 is 65.3. The van der Waals surface area contributed by atoms with Crippen molar-refractivity contribution in [2.45, 2.75) is 18.9 Å². The normalized spacial score (nSPS) is 11.9. The Hall–Kier alpha value is -2.88. The number of rotatable bonds is 5. The van der Waals surface area contributed by atoms with Crippen molar-refractivity contribution < 1.29 is 35.9 Å². The Balaban J connectivity index is 2.35. The van der Waals surface area contributed by atoms with E-state index in [2.05, 4.69) is 6.58 Å². The Labute approximate surface area is 152 Å². The maximum atomic E-state index is 12.4. The molecule has 0 heterocycles. The SMILES string of the molecule is C=C(C)C(=O)Oc1cc(CC(=O)NS(=O)(=O)C(F)(F)F)cc2ccccc12. The summed E-state index contributed by atoms with van der Waals surface area (Å²) in [5.41, 5.74) is -5.32. The fourth-order valence-corrected chi connectivity index (χ4v) is 2.63. The predicted octanol–water partition coefficient (Wildman–Crippen LogP) is 2.83. The number of alkyl halides is 3. The molecule has 1 N–H and O–H groups in total. The minimum absolute atomic E-state index is 0.0718. The van der Waals surface area contributed by atoms with Gasteiger partial charge in [0.05, 0.1) is 6.42 Å². The van der Waals surface area contributed by atoms with Gasteiger partial charge in [-0.3, -0.25) is 4.79 Å². The summed E-state index contributed by atoms with van der Waals surface area (Å²) in [6.45, 7) is 4.89. The van der Waals surface area contributed by atoms with Gasteiger partial charge in [-0.2, -0.15) is 21.6 Å². The van der Waals surface area contributed by atoms with E-state index in [-0.39, 0.29) is 16.9 Å². The van der Waals surface area contributed by atoms with Crippen molar-refractivity contribution in [2.75, 3.05) is 0 Å². The predicted molar refractivity (Wildman–Crippen MR) is 91.2 cm³/mol. The summed E-state index contributed by atoms with van der Waals surface area (Å²) in [4.78, 5) is 23.5. The molecule has 6 nitrogen and oxygen atoms in total. The number of ether oxygens (including phenoxy) is 1. The van der Waals surface area contributed by atoms with Gasteiger partial charge in [0.25, 0.3) is 0 Å². The second-order valence-corrected chi connectivity index (χ2v) is 7.31. The third kappa shape index (κ3) is 4.85. The van der Waals surface area contributed by atoms with Crippen LogP contribution in [0.1, 0.15) is 12.5 Å². The monoisotopic (exact) mass is 401 g/mol. The van der Waals surface area contributed by atoms with Crippen LogP contribution >= 0.6 is 0 Å². The Morgan fingerprint density at radius 2 is 1.81 bits per heavy atom. The number of hydrogen-bond donors (Lipinski definition) is 1. The molecule has 0 spiro atoms. The first-order valence-electron chi connectivity index (χ1n) is 7.42. The van der Waals surface area contributed by atoms with Crippen LogP contribution in [0.2, 0.25) is 0 Å². The second kappa shape index (κ2) is 7.39. The van der Waals surface area contributed by atoms with Gasteiger partial charge < -0.3 is 4.74 Å². The molecule has 0 fully saturated rings. The number of hydrogen-bond acceptors (Lipinski definition) is 5. The van der Waals surface area contributed by atoms with Gasteiger partial charge in [-0.15, -0.1) is 0 Å². The summed E-state index contributed by atoms with van der Waals surface area (Å²) in [5, 5.41) is 1.07. The van der Waals surface area contributed by atoms with Gasteiger partial charge in [0.1, 0.15) is 5.75 Å². The van der Waals surface area contributed by atoms with Gasteiger partial charge in [-0.25, -0.2) is 9.52 Å². The van der Waals surface area contributed by atoms with Crippen molar-refractivity contribution in [1.82, 2.24) is 4.72 Å². The minimum atomic E-state index is -5.80. The molecule has 0 radical (unpaired) electrons. The highest BCUT2D eigenvalue weighted by atomic mass is 32.2. The van der Waals surface area contributed by atoms with E-state index in [1.54, 1.807) is 24.3 Å². The summed E-state index contributed by atoms with van der Waals surface area (Å²) in [6, 6.07) is 9.40. The molecule has 0 atom stereocenters. The zero-order chi connectivity index (χ0) is 20.4. The van der Waals surface area contributed by atoms with Crippen LogP contribution in [0.15, 0.2) is 48.6 Å². The molecule has 0 aromatic heterocycles. The number of carbonyl (C=O) groups is 2. The average molecular weight is 401 g/mol. The fourth-order valence-electron chi connectivity index (χ4n) is 2.14. The summed E-state index contributed by atoms with van der Waals surface area (Å²) in [7, 11) is -5.80. The fraction of sp³-hybridized carbons (Fsp3) is 0.176. The third-order valence-corrected chi connectivity index (χ3v) is 4.46. The molecule has 0 unspecified atom stereocenters. The Kier molecular flexibility index (Phi) is 5.59. The zero-order valence-electron chi connectivity index (χ0n) is 14.0. The van der Waals surface area contributed by atoms with Gasteiger partial charge in [-0.05, 0) is 23.9 Å². The molecular weight excluding hydrogens is 387 g/mol. The molecule has 0 saturated carbocycles. The Morgan fingerprint density at radius 1 is 1.19 bits per heavy atom. The van der Waals surface area contributed by atoms with Gasteiger partial charge in [0, 0.05) is 11.0 Å². The van der Waals surface area contributed by atoms with E-state index in [0.29, 0.717) is 10.8 Å². The van der Waals surface area contributed by atoms with Crippen molar-refractivity contribution in [3.05, 3.63) is 54.1 Å². The highest BCUT2D eigenvalue weighted by Gasteiger charge is 2.46. The van der Waals surface area contributed by atoms with Gasteiger partial charge >= 0.3 is 21.5 Å².